The molecule has 10 heteroatoms. The van der Waals surface area contributed by atoms with Gasteiger partial charge < -0.3 is 26.6 Å². The van der Waals surface area contributed by atoms with Gasteiger partial charge in [-0.05, 0) is 82.6 Å². The lowest BCUT2D eigenvalue weighted by molar-refractivity contribution is -0.130. The number of amides is 4. The van der Waals surface area contributed by atoms with Crippen LogP contribution < -0.4 is 26.6 Å². The Morgan fingerprint density at radius 2 is 1.00 bits per heavy atom. The van der Waals surface area contributed by atoms with Crippen LogP contribution in [0.4, 0.5) is 0 Å². The summed E-state index contributed by atoms with van der Waals surface area (Å²) in [5.41, 5.74) is 0. The van der Waals surface area contributed by atoms with E-state index in [1.807, 2.05) is 0 Å². The van der Waals surface area contributed by atoms with Crippen LogP contribution in [0.15, 0.2) is 0 Å². The molecule has 4 amide bonds. The minimum atomic E-state index is -0.469. The molecule has 0 aliphatic heterocycles. The van der Waals surface area contributed by atoms with Gasteiger partial charge in [-0.3, -0.25) is 24.0 Å². The molecule has 268 valence electrons. The summed E-state index contributed by atoms with van der Waals surface area (Å²) in [5.74, 6) is 0.710. The van der Waals surface area contributed by atoms with Gasteiger partial charge in [0.05, 0.1) is 19.6 Å². The maximum atomic E-state index is 12.4. The molecule has 2 saturated carbocycles. The first kappa shape index (κ1) is 57.2. The number of hydrogen-bond donors (Lipinski definition) is 5. The Balaban J connectivity index is -0.000000342. The molecule has 2 aliphatic carbocycles. The molecule has 2 aliphatic rings. The van der Waals surface area contributed by atoms with Gasteiger partial charge in [-0.15, -0.1) is 0 Å². The Hall–Kier alpha value is -2.49. The maximum Gasteiger partial charge on any atom is 0.234 e. The third kappa shape index (κ3) is 21.3. The zero-order valence-electron chi connectivity index (χ0n) is 22.3. The molecule has 0 aromatic rings. The van der Waals surface area contributed by atoms with Crippen molar-refractivity contribution in [1.29, 1.82) is 0 Å². The van der Waals surface area contributed by atoms with Gasteiger partial charge in [0.1, 0.15) is 12.2 Å². The molecule has 5 N–H and O–H groups in total. The van der Waals surface area contributed by atoms with E-state index in [0.717, 1.165) is 38.5 Å². The average Bonchev–Trinajstić information content (AvgIpc) is 2.77. The molecule has 0 spiro atoms. The summed E-state index contributed by atoms with van der Waals surface area (Å²) in [6, 6.07) is 0.329. The molecule has 0 aromatic heterocycles. The second-order valence-corrected chi connectivity index (χ2v) is 10.9. The number of likely N-dealkylation sites (N-methyl/N-ethyl adjacent to an activating group) is 1. The van der Waals surface area contributed by atoms with Gasteiger partial charge in [-0.2, -0.15) is 0 Å². The number of nitrogens with one attached hydrogen (secondary N) is 5. The maximum absolute atomic E-state index is 12.4. The molecule has 0 bridgehead atoms. The van der Waals surface area contributed by atoms with Crippen molar-refractivity contribution in [1.82, 2.24) is 26.6 Å². The van der Waals surface area contributed by atoms with E-state index in [2.05, 4.69) is 40.4 Å². The fourth-order valence-corrected chi connectivity index (χ4v) is 5.76. The lowest BCUT2D eigenvalue weighted by atomic mass is 9.70. The van der Waals surface area contributed by atoms with Crippen molar-refractivity contribution in [2.45, 2.75) is 150 Å². The highest BCUT2D eigenvalue weighted by atomic mass is 16.2. The summed E-state index contributed by atoms with van der Waals surface area (Å²) >= 11 is 0. The summed E-state index contributed by atoms with van der Waals surface area (Å²) in [6.07, 6.45) is 7.03. The van der Waals surface area contributed by atoms with Gasteiger partial charge in [0, 0.05) is 12.1 Å². The summed E-state index contributed by atoms with van der Waals surface area (Å²) < 4.78 is 0. The monoisotopic (exact) mass is 636 g/mol. The summed E-state index contributed by atoms with van der Waals surface area (Å²) in [4.78, 5) is 58.6. The highest BCUT2D eigenvalue weighted by Gasteiger charge is 2.33. The van der Waals surface area contributed by atoms with Gasteiger partial charge in [0.15, 0.2) is 0 Å². The van der Waals surface area contributed by atoms with Crippen molar-refractivity contribution in [3.63, 3.8) is 0 Å². The highest BCUT2D eigenvalue weighted by molar-refractivity contribution is 5.98. The fraction of sp³-hybridized carbons (Fsp3) is 0.853. The largest absolute Gasteiger partial charge is 0.353 e. The molecule has 6 atom stereocenters. The molecular weight excluding hydrogens is 558 g/mol. The molecular formula is C34H77N5O5. The van der Waals surface area contributed by atoms with E-state index >= 15 is 0 Å². The molecule has 2 fully saturated rings. The molecule has 6 unspecified atom stereocenters. The van der Waals surface area contributed by atoms with Crippen LogP contribution in [-0.4, -0.2) is 61.8 Å². The SMILES string of the molecule is C.C.C.C.C.C.C.C.CNCC(=O)NC1CCC(CC2CCC(NC(=O)CC(=O)NCNC(=O)CC(C)=O)C(C)C2)CC1C. The third-order valence-electron chi connectivity index (χ3n) is 7.55. The van der Waals surface area contributed by atoms with Gasteiger partial charge in [-0.25, -0.2) is 0 Å². The Labute approximate surface area is 273 Å². The normalized spacial score (nSPS) is 22.9. The highest BCUT2D eigenvalue weighted by Crippen LogP contribution is 2.39. The van der Waals surface area contributed by atoms with E-state index in [-0.39, 0.29) is 109 Å². The van der Waals surface area contributed by atoms with E-state index < -0.39 is 11.8 Å². The lowest BCUT2D eigenvalue weighted by Crippen LogP contribution is -2.46. The average molecular weight is 636 g/mol. The van der Waals surface area contributed by atoms with Crippen LogP contribution in [0.5, 0.6) is 0 Å². The second kappa shape index (κ2) is 29.2. The minimum Gasteiger partial charge on any atom is -0.353 e. The Morgan fingerprint density at radius 1 is 0.591 bits per heavy atom. The topological polar surface area (TPSA) is 146 Å². The third-order valence-corrected chi connectivity index (χ3v) is 7.55. The first-order chi connectivity index (χ1) is 17.1. The number of rotatable bonds is 12. The van der Waals surface area contributed by atoms with Gasteiger partial charge in [-0.1, -0.05) is 73.3 Å². The molecule has 0 heterocycles. The van der Waals surface area contributed by atoms with E-state index in [9.17, 15) is 24.0 Å². The first-order valence-corrected chi connectivity index (χ1v) is 13.3. The fourth-order valence-electron chi connectivity index (χ4n) is 5.76. The summed E-state index contributed by atoms with van der Waals surface area (Å²) in [5, 5.41) is 14.0. The smallest absolute Gasteiger partial charge is 0.234 e. The second-order valence-electron chi connectivity index (χ2n) is 10.9. The molecule has 0 radical (unpaired) electrons. The van der Waals surface area contributed by atoms with Crippen LogP contribution in [0.2, 0.25) is 0 Å². The van der Waals surface area contributed by atoms with E-state index in [1.54, 1.807) is 7.05 Å². The first-order valence-electron chi connectivity index (χ1n) is 13.3. The van der Waals surface area contributed by atoms with Crippen molar-refractivity contribution in [3.05, 3.63) is 0 Å². The van der Waals surface area contributed by atoms with Crippen molar-refractivity contribution in [3.8, 4) is 0 Å². The zero-order chi connectivity index (χ0) is 26.7. The molecule has 0 saturated heterocycles. The van der Waals surface area contributed by atoms with Crippen LogP contribution in [0, 0.1) is 23.7 Å². The van der Waals surface area contributed by atoms with Gasteiger partial charge in [0.2, 0.25) is 23.6 Å². The molecule has 2 rings (SSSR count). The van der Waals surface area contributed by atoms with E-state index in [0.29, 0.717) is 30.2 Å². The number of carbonyl (C=O) groups excluding carboxylic acids is 5. The van der Waals surface area contributed by atoms with Crippen LogP contribution >= 0.6 is 0 Å². The molecule has 44 heavy (non-hydrogen) atoms. The number of ketones is 1. The van der Waals surface area contributed by atoms with Crippen molar-refractivity contribution < 1.29 is 24.0 Å². The predicted molar refractivity (Wildman–Crippen MR) is 190 cm³/mol. The van der Waals surface area contributed by atoms with Crippen LogP contribution in [-0.2, 0) is 24.0 Å². The molecule has 0 aromatic carbocycles. The number of carbonyl (C=O) groups is 5. The summed E-state index contributed by atoms with van der Waals surface area (Å²) in [7, 11) is 1.78. The predicted octanol–water partition coefficient (Wildman–Crippen LogP) is 6.09. The quantitative estimate of drug-likeness (QED) is 0.130. The summed E-state index contributed by atoms with van der Waals surface area (Å²) in [6.45, 7) is 5.97. The standard InChI is InChI=1S/C26H45N5O5.8CH4/c1-16-9-19(12-20-6-8-22(17(2)10-20)31-26(36)14-27-4)5-7-21(16)30-25(35)13-24(34)29-15-28-23(33)11-18(3)32;;;;;;;;/h16-17,19-22,27H,5-15H2,1-4H3,(H,28,33)(H,29,34)(H,30,35)(H,31,36);8*1H4. The number of Topliss-reactive ketones (excluding diaryl/α,β-unsaturated/α-hetero) is 1. The van der Waals surface area contributed by atoms with Crippen molar-refractivity contribution >= 4 is 29.4 Å². The lowest BCUT2D eigenvalue weighted by Gasteiger charge is -2.39. The Bertz CT molecular complexity index is 792. The molecule has 10 nitrogen and oxygen atoms in total. The van der Waals surface area contributed by atoms with Crippen molar-refractivity contribution in [2.24, 2.45) is 23.7 Å². The number of hydrogen-bond acceptors (Lipinski definition) is 6. The van der Waals surface area contributed by atoms with E-state index in [1.165, 1.54) is 13.3 Å². The van der Waals surface area contributed by atoms with E-state index in [4.69, 9.17) is 0 Å². The zero-order valence-corrected chi connectivity index (χ0v) is 22.3. The van der Waals surface area contributed by atoms with Gasteiger partial charge >= 0.3 is 0 Å². The Morgan fingerprint density at radius 3 is 1.39 bits per heavy atom. The van der Waals surface area contributed by atoms with Gasteiger partial charge in [0.25, 0.3) is 0 Å². The van der Waals surface area contributed by atoms with Crippen LogP contribution in [0.1, 0.15) is 138 Å². The van der Waals surface area contributed by atoms with Crippen molar-refractivity contribution in [2.75, 3.05) is 20.3 Å². The van der Waals surface area contributed by atoms with Crippen LogP contribution in [0.25, 0.3) is 0 Å². The minimum absolute atomic E-state index is 0. The Kier molecular flexibility index (Phi) is 38.0. The van der Waals surface area contributed by atoms with Crippen LogP contribution in [0.3, 0.4) is 0 Å².